The Morgan fingerprint density at radius 1 is 0.852 bits per heavy atom. The van der Waals surface area contributed by atoms with Crippen LogP contribution in [0.3, 0.4) is 0 Å². The van der Waals surface area contributed by atoms with Crippen molar-refractivity contribution in [2.24, 2.45) is 4.40 Å². The number of nitrogens with zero attached hydrogens (tertiary/aromatic N) is 1. The number of phenols is 1. The molecule has 0 saturated carbocycles. The third-order valence-electron chi connectivity index (χ3n) is 4.31. The number of anilines is 1. The van der Waals surface area contributed by atoms with E-state index in [0.717, 1.165) is 11.1 Å². The standard InChI is InChI=1S/C21H20N2O3S/c1-15-16(2)20(24)14-13-19(15)22-21(17-9-5-3-6-10-17)23-27(25,26)18-11-7-4-8-12-18/h3-14,24H,1-2H3,(H,22,23). The second kappa shape index (κ2) is 7.63. The lowest BCUT2D eigenvalue weighted by Crippen LogP contribution is -2.17. The van der Waals surface area contributed by atoms with Gasteiger partial charge in [0.25, 0.3) is 10.0 Å². The highest BCUT2D eigenvalue weighted by atomic mass is 32.2. The maximum atomic E-state index is 12.7. The van der Waals surface area contributed by atoms with Crippen molar-refractivity contribution < 1.29 is 13.5 Å². The molecule has 0 atom stereocenters. The summed E-state index contributed by atoms with van der Waals surface area (Å²) in [7, 11) is -3.88. The molecule has 5 nitrogen and oxygen atoms in total. The smallest absolute Gasteiger partial charge is 0.284 e. The van der Waals surface area contributed by atoms with Crippen LogP contribution in [0.5, 0.6) is 5.75 Å². The molecule has 27 heavy (non-hydrogen) atoms. The maximum Gasteiger partial charge on any atom is 0.284 e. The Kier molecular flexibility index (Phi) is 5.28. The molecule has 3 aromatic rings. The van der Waals surface area contributed by atoms with E-state index in [0.29, 0.717) is 11.3 Å². The monoisotopic (exact) mass is 380 g/mol. The van der Waals surface area contributed by atoms with Crippen LogP contribution < -0.4 is 5.32 Å². The Bertz CT molecular complexity index is 1080. The van der Waals surface area contributed by atoms with Crippen LogP contribution in [-0.4, -0.2) is 19.4 Å². The molecule has 138 valence electrons. The van der Waals surface area contributed by atoms with Crippen LogP contribution in [0.15, 0.2) is 82.1 Å². The number of aromatic hydroxyl groups is 1. The summed E-state index contributed by atoms with van der Waals surface area (Å²) in [5.41, 5.74) is 2.85. The number of rotatable bonds is 4. The molecule has 2 N–H and O–H groups in total. The van der Waals surface area contributed by atoms with Crippen LogP contribution in [0.2, 0.25) is 0 Å². The van der Waals surface area contributed by atoms with Gasteiger partial charge in [-0.2, -0.15) is 8.42 Å². The van der Waals surface area contributed by atoms with E-state index in [1.54, 1.807) is 49.4 Å². The molecule has 0 fully saturated rings. The Morgan fingerprint density at radius 3 is 2.07 bits per heavy atom. The topological polar surface area (TPSA) is 78.8 Å². The third kappa shape index (κ3) is 4.17. The van der Waals surface area contributed by atoms with Gasteiger partial charge < -0.3 is 10.4 Å². The molecule has 0 aromatic heterocycles. The van der Waals surface area contributed by atoms with Crippen molar-refractivity contribution in [1.29, 1.82) is 0 Å². The fraction of sp³-hybridized carbons (Fsp3) is 0.0952. The van der Waals surface area contributed by atoms with Gasteiger partial charge in [-0.3, -0.25) is 0 Å². The molecule has 0 spiro atoms. The fourth-order valence-corrected chi connectivity index (χ4v) is 3.58. The molecule has 0 aliphatic rings. The van der Waals surface area contributed by atoms with Crippen LogP contribution >= 0.6 is 0 Å². The van der Waals surface area contributed by atoms with Crippen LogP contribution in [0, 0.1) is 13.8 Å². The first kappa shape index (κ1) is 18.7. The summed E-state index contributed by atoms with van der Waals surface area (Å²) in [6, 6.07) is 20.4. The molecule has 0 aliphatic heterocycles. The number of nitrogens with one attached hydrogen (secondary N) is 1. The van der Waals surface area contributed by atoms with Gasteiger partial charge in [0, 0.05) is 11.3 Å². The first-order chi connectivity index (χ1) is 12.9. The van der Waals surface area contributed by atoms with Crippen molar-refractivity contribution in [3.63, 3.8) is 0 Å². The zero-order chi connectivity index (χ0) is 19.4. The normalized spacial score (nSPS) is 12.0. The van der Waals surface area contributed by atoms with E-state index in [2.05, 4.69) is 9.71 Å². The number of hydrogen-bond donors (Lipinski definition) is 2. The van der Waals surface area contributed by atoms with Gasteiger partial charge in [-0.05, 0) is 49.2 Å². The second-order valence-corrected chi connectivity index (χ2v) is 7.71. The molecular weight excluding hydrogens is 360 g/mol. The third-order valence-corrected chi connectivity index (χ3v) is 5.60. The van der Waals surface area contributed by atoms with E-state index >= 15 is 0 Å². The minimum absolute atomic E-state index is 0.124. The number of sulfonamides is 1. The predicted octanol–water partition coefficient (Wildman–Crippen LogP) is 4.26. The van der Waals surface area contributed by atoms with Crippen LogP contribution in [0.25, 0.3) is 0 Å². The van der Waals surface area contributed by atoms with Crippen molar-refractivity contribution in [3.05, 3.63) is 89.5 Å². The van der Waals surface area contributed by atoms with Crippen LogP contribution in [0.1, 0.15) is 16.7 Å². The van der Waals surface area contributed by atoms with E-state index in [1.807, 2.05) is 25.1 Å². The molecule has 6 heteroatoms. The van der Waals surface area contributed by atoms with E-state index in [9.17, 15) is 13.5 Å². The number of hydrogen-bond acceptors (Lipinski definition) is 3. The first-order valence-corrected chi connectivity index (χ1v) is 9.84. The number of benzene rings is 3. The highest BCUT2D eigenvalue weighted by molar-refractivity contribution is 7.90. The average Bonchev–Trinajstić information content (AvgIpc) is 2.69. The molecule has 0 amide bonds. The highest BCUT2D eigenvalue weighted by Gasteiger charge is 2.16. The minimum atomic E-state index is -3.88. The molecule has 0 radical (unpaired) electrons. The van der Waals surface area contributed by atoms with E-state index < -0.39 is 10.0 Å². The summed E-state index contributed by atoms with van der Waals surface area (Å²) in [5, 5.41) is 13.0. The Balaban J connectivity index is 2.10. The summed E-state index contributed by atoms with van der Waals surface area (Å²) >= 11 is 0. The number of phenolic OH excluding ortho intramolecular Hbond substituents is 1. The Morgan fingerprint density at radius 2 is 1.44 bits per heavy atom. The van der Waals surface area contributed by atoms with Gasteiger partial charge >= 0.3 is 0 Å². The number of amidine groups is 1. The van der Waals surface area contributed by atoms with Crippen molar-refractivity contribution >= 4 is 21.5 Å². The lowest BCUT2D eigenvalue weighted by atomic mass is 10.1. The summed E-state index contributed by atoms with van der Waals surface area (Å²) in [5.74, 6) is 0.404. The summed E-state index contributed by atoms with van der Waals surface area (Å²) in [6.07, 6.45) is 0. The van der Waals surface area contributed by atoms with Gasteiger partial charge in [-0.1, -0.05) is 48.5 Å². The SMILES string of the molecule is Cc1c(O)ccc(N/C(=N\S(=O)(=O)c2ccccc2)c2ccccc2)c1C. The molecule has 0 bridgehead atoms. The van der Waals surface area contributed by atoms with Gasteiger partial charge in [-0.25, -0.2) is 0 Å². The predicted molar refractivity (Wildman–Crippen MR) is 108 cm³/mol. The molecule has 0 saturated heterocycles. The summed E-state index contributed by atoms with van der Waals surface area (Å²) in [6.45, 7) is 3.65. The maximum absolute atomic E-state index is 12.7. The molecule has 0 unspecified atom stereocenters. The largest absolute Gasteiger partial charge is 0.508 e. The van der Waals surface area contributed by atoms with Crippen molar-refractivity contribution in [2.45, 2.75) is 18.7 Å². The lowest BCUT2D eigenvalue weighted by Gasteiger charge is -2.15. The van der Waals surface area contributed by atoms with Gasteiger partial charge in [-0.15, -0.1) is 4.40 Å². The first-order valence-electron chi connectivity index (χ1n) is 8.40. The lowest BCUT2D eigenvalue weighted by molar-refractivity contribution is 0.470. The van der Waals surface area contributed by atoms with Crippen LogP contribution in [0.4, 0.5) is 5.69 Å². The molecule has 3 aromatic carbocycles. The van der Waals surface area contributed by atoms with Crippen LogP contribution in [-0.2, 0) is 10.0 Å². The van der Waals surface area contributed by atoms with E-state index in [1.165, 1.54) is 12.1 Å². The molecule has 3 rings (SSSR count). The van der Waals surface area contributed by atoms with E-state index in [-0.39, 0.29) is 16.5 Å². The van der Waals surface area contributed by atoms with Gasteiger partial charge in [0.2, 0.25) is 0 Å². The molecule has 0 aliphatic carbocycles. The van der Waals surface area contributed by atoms with Gasteiger partial charge in [0.15, 0.2) is 5.84 Å². The summed E-state index contributed by atoms with van der Waals surface area (Å²) in [4.78, 5) is 0.124. The van der Waals surface area contributed by atoms with Crippen molar-refractivity contribution in [3.8, 4) is 5.75 Å². The van der Waals surface area contributed by atoms with Crippen molar-refractivity contribution in [1.82, 2.24) is 0 Å². The Labute approximate surface area is 159 Å². The highest BCUT2D eigenvalue weighted by Crippen LogP contribution is 2.27. The van der Waals surface area contributed by atoms with Crippen molar-refractivity contribution in [2.75, 3.05) is 5.32 Å². The zero-order valence-electron chi connectivity index (χ0n) is 15.0. The fourth-order valence-electron chi connectivity index (χ4n) is 2.58. The van der Waals surface area contributed by atoms with E-state index in [4.69, 9.17) is 0 Å². The minimum Gasteiger partial charge on any atom is -0.508 e. The molecular formula is C21H20N2O3S. The zero-order valence-corrected chi connectivity index (χ0v) is 15.9. The average molecular weight is 380 g/mol. The summed E-state index contributed by atoms with van der Waals surface area (Å²) < 4.78 is 29.5. The molecule has 0 heterocycles. The Hall–Kier alpha value is -3.12. The van der Waals surface area contributed by atoms with Gasteiger partial charge in [0.1, 0.15) is 5.75 Å². The quantitative estimate of drug-likeness (QED) is 0.403. The van der Waals surface area contributed by atoms with Gasteiger partial charge in [0.05, 0.1) is 4.90 Å². The second-order valence-electron chi connectivity index (χ2n) is 6.10.